The Kier molecular flexibility index (Phi) is 6.06. The molecule has 0 saturated heterocycles. The molecule has 0 heterocycles. The first-order chi connectivity index (χ1) is 9.60. The van der Waals surface area contributed by atoms with Gasteiger partial charge < -0.3 is 11.5 Å². The number of nitrogens with one attached hydrogen (secondary N) is 1. The largest absolute Gasteiger partial charge is 0.399 e. The van der Waals surface area contributed by atoms with Gasteiger partial charge in [0.15, 0.2) is 0 Å². The highest BCUT2D eigenvalue weighted by molar-refractivity contribution is 8.00. The number of carbonyl (C=O) groups excluding carboxylic acids is 1. The zero-order valence-corrected chi connectivity index (χ0v) is 13.8. The Morgan fingerprint density at radius 3 is 2.38 bits per heavy atom. The van der Waals surface area contributed by atoms with Gasteiger partial charge in [0.2, 0.25) is 15.9 Å². The van der Waals surface area contributed by atoms with Crippen LogP contribution in [0.3, 0.4) is 0 Å². The van der Waals surface area contributed by atoms with Crippen LogP contribution in [0.25, 0.3) is 0 Å². The standard InChI is InChI=1S/C13H21N3O3S2/c1-13(2,9-12(15)17)16-21(18,19)8-7-20-11-5-3-10(14)4-6-11/h3-6,16H,7-9,14H2,1-2H3,(H2,15,17). The van der Waals surface area contributed by atoms with Crippen LogP contribution in [-0.4, -0.2) is 31.4 Å². The minimum atomic E-state index is -3.47. The fourth-order valence-electron chi connectivity index (χ4n) is 1.78. The molecule has 6 nitrogen and oxygen atoms in total. The molecule has 21 heavy (non-hydrogen) atoms. The SMILES string of the molecule is CC(C)(CC(N)=O)NS(=O)(=O)CCSc1ccc(N)cc1. The fraction of sp³-hybridized carbons (Fsp3) is 0.462. The van der Waals surface area contributed by atoms with Gasteiger partial charge in [-0.15, -0.1) is 11.8 Å². The summed E-state index contributed by atoms with van der Waals surface area (Å²) in [6.45, 7) is 3.25. The average molecular weight is 331 g/mol. The molecule has 1 amide bonds. The summed E-state index contributed by atoms with van der Waals surface area (Å²) in [5.41, 5.74) is 10.5. The van der Waals surface area contributed by atoms with Crippen LogP contribution < -0.4 is 16.2 Å². The molecule has 0 fully saturated rings. The zero-order chi connectivity index (χ0) is 16.1. The number of carbonyl (C=O) groups is 1. The minimum absolute atomic E-state index is 0.0375. The van der Waals surface area contributed by atoms with Crippen LogP contribution in [-0.2, 0) is 14.8 Å². The lowest BCUT2D eigenvalue weighted by Crippen LogP contribution is -2.47. The van der Waals surface area contributed by atoms with E-state index in [9.17, 15) is 13.2 Å². The number of anilines is 1. The van der Waals surface area contributed by atoms with Crippen molar-refractivity contribution in [2.45, 2.75) is 30.7 Å². The van der Waals surface area contributed by atoms with E-state index in [2.05, 4.69) is 4.72 Å². The molecule has 0 aliphatic carbocycles. The number of benzene rings is 1. The molecule has 118 valence electrons. The van der Waals surface area contributed by atoms with E-state index in [-0.39, 0.29) is 12.2 Å². The summed E-state index contributed by atoms with van der Waals surface area (Å²) in [7, 11) is -3.47. The highest BCUT2D eigenvalue weighted by atomic mass is 32.2. The summed E-state index contributed by atoms with van der Waals surface area (Å²) < 4.78 is 26.4. The molecule has 0 aliphatic rings. The normalized spacial score (nSPS) is 12.3. The third-order valence-electron chi connectivity index (χ3n) is 2.55. The molecule has 0 bridgehead atoms. The fourth-order valence-corrected chi connectivity index (χ4v) is 4.57. The molecule has 1 aromatic carbocycles. The number of rotatable bonds is 8. The van der Waals surface area contributed by atoms with E-state index < -0.39 is 21.5 Å². The molecule has 0 spiro atoms. The molecule has 0 radical (unpaired) electrons. The number of amides is 1. The second kappa shape index (κ2) is 7.15. The smallest absolute Gasteiger partial charge is 0.219 e. The minimum Gasteiger partial charge on any atom is -0.399 e. The Balaban J connectivity index is 2.49. The van der Waals surface area contributed by atoms with Crippen molar-refractivity contribution in [3.8, 4) is 0 Å². The van der Waals surface area contributed by atoms with Crippen molar-refractivity contribution in [1.82, 2.24) is 4.72 Å². The maximum Gasteiger partial charge on any atom is 0.219 e. The molecule has 0 aliphatic heterocycles. The number of hydrogen-bond donors (Lipinski definition) is 3. The lowest BCUT2D eigenvalue weighted by molar-refractivity contribution is -0.119. The van der Waals surface area contributed by atoms with Gasteiger partial charge in [0.1, 0.15) is 0 Å². The number of nitrogens with two attached hydrogens (primary N) is 2. The third-order valence-corrected chi connectivity index (χ3v) is 5.43. The number of sulfonamides is 1. The molecule has 0 aromatic heterocycles. The van der Waals surface area contributed by atoms with E-state index >= 15 is 0 Å². The summed E-state index contributed by atoms with van der Waals surface area (Å²) in [6, 6.07) is 7.23. The average Bonchev–Trinajstić information content (AvgIpc) is 2.28. The molecule has 0 atom stereocenters. The second-order valence-corrected chi connectivity index (χ2v) is 8.38. The molecular formula is C13H21N3O3S2. The lowest BCUT2D eigenvalue weighted by Gasteiger charge is -2.24. The molecule has 5 N–H and O–H groups in total. The first-order valence-corrected chi connectivity index (χ1v) is 9.02. The topological polar surface area (TPSA) is 115 Å². The molecule has 0 unspecified atom stereocenters. The van der Waals surface area contributed by atoms with Gasteiger partial charge in [-0.25, -0.2) is 13.1 Å². The monoisotopic (exact) mass is 331 g/mol. The van der Waals surface area contributed by atoms with Gasteiger partial charge in [0.05, 0.1) is 5.75 Å². The Bertz CT molecular complexity index is 583. The molecule has 1 rings (SSSR count). The van der Waals surface area contributed by atoms with Gasteiger partial charge >= 0.3 is 0 Å². The first-order valence-electron chi connectivity index (χ1n) is 6.38. The van der Waals surface area contributed by atoms with Crippen LogP contribution in [0.5, 0.6) is 0 Å². The molecule has 8 heteroatoms. The van der Waals surface area contributed by atoms with E-state index in [1.165, 1.54) is 11.8 Å². The van der Waals surface area contributed by atoms with Crippen LogP contribution in [0.1, 0.15) is 20.3 Å². The van der Waals surface area contributed by atoms with E-state index in [1.54, 1.807) is 26.0 Å². The van der Waals surface area contributed by atoms with Crippen LogP contribution in [0.4, 0.5) is 5.69 Å². The number of thioether (sulfide) groups is 1. The van der Waals surface area contributed by atoms with Crippen LogP contribution in [0.2, 0.25) is 0 Å². The first kappa shape index (κ1) is 17.8. The summed E-state index contributed by atoms with van der Waals surface area (Å²) >= 11 is 1.43. The van der Waals surface area contributed by atoms with Gasteiger partial charge in [-0.1, -0.05) is 0 Å². The van der Waals surface area contributed by atoms with E-state index in [4.69, 9.17) is 11.5 Å². The van der Waals surface area contributed by atoms with Gasteiger partial charge in [-0.2, -0.15) is 0 Å². The highest BCUT2D eigenvalue weighted by Gasteiger charge is 2.26. The van der Waals surface area contributed by atoms with Crippen molar-refractivity contribution < 1.29 is 13.2 Å². The van der Waals surface area contributed by atoms with Crippen molar-refractivity contribution in [2.24, 2.45) is 5.73 Å². The van der Waals surface area contributed by atoms with Crippen molar-refractivity contribution in [3.63, 3.8) is 0 Å². The van der Waals surface area contributed by atoms with Crippen LogP contribution in [0.15, 0.2) is 29.2 Å². The zero-order valence-electron chi connectivity index (χ0n) is 12.1. The Labute approximate surface area is 129 Å². The lowest BCUT2D eigenvalue weighted by atomic mass is 10.0. The van der Waals surface area contributed by atoms with Crippen molar-refractivity contribution in [1.29, 1.82) is 0 Å². The predicted molar refractivity (Wildman–Crippen MR) is 86.4 cm³/mol. The van der Waals surface area contributed by atoms with Crippen LogP contribution >= 0.6 is 11.8 Å². The van der Waals surface area contributed by atoms with Crippen molar-refractivity contribution in [3.05, 3.63) is 24.3 Å². The van der Waals surface area contributed by atoms with E-state index in [0.29, 0.717) is 11.4 Å². The van der Waals surface area contributed by atoms with Crippen molar-refractivity contribution >= 4 is 33.4 Å². The molecule has 1 aromatic rings. The predicted octanol–water partition coefficient (Wildman–Crippen LogP) is 0.934. The highest BCUT2D eigenvalue weighted by Crippen LogP contribution is 2.19. The second-order valence-electron chi connectivity index (χ2n) is 5.37. The summed E-state index contributed by atoms with van der Waals surface area (Å²) in [5, 5.41) is 0. The van der Waals surface area contributed by atoms with Gasteiger partial charge in [0.25, 0.3) is 0 Å². The summed E-state index contributed by atoms with van der Waals surface area (Å²) in [4.78, 5) is 11.9. The number of nitrogen functional groups attached to an aromatic ring is 1. The van der Waals surface area contributed by atoms with E-state index in [0.717, 1.165) is 4.90 Å². The van der Waals surface area contributed by atoms with E-state index in [1.807, 2.05) is 12.1 Å². The molecular weight excluding hydrogens is 310 g/mol. The summed E-state index contributed by atoms with van der Waals surface area (Å²) in [6.07, 6.45) is -0.0443. The van der Waals surface area contributed by atoms with Gasteiger partial charge in [-0.05, 0) is 38.1 Å². The summed E-state index contributed by atoms with van der Waals surface area (Å²) in [5.74, 6) is -0.171. The Morgan fingerprint density at radius 1 is 1.29 bits per heavy atom. The maximum atomic E-state index is 12.0. The van der Waals surface area contributed by atoms with Gasteiger partial charge in [0, 0.05) is 28.3 Å². The van der Waals surface area contributed by atoms with Crippen LogP contribution in [0, 0.1) is 0 Å². The maximum absolute atomic E-state index is 12.0. The van der Waals surface area contributed by atoms with Crippen molar-refractivity contribution in [2.75, 3.05) is 17.2 Å². The third kappa shape index (κ3) is 7.35. The number of primary amides is 1. The Hall–Kier alpha value is -1.25. The quantitative estimate of drug-likeness (QED) is 0.484. The van der Waals surface area contributed by atoms with Gasteiger partial charge in [-0.3, -0.25) is 4.79 Å². The molecule has 0 saturated carbocycles. The Morgan fingerprint density at radius 2 is 1.86 bits per heavy atom. The number of hydrogen-bond acceptors (Lipinski definition) is 5.